The lowest BCUT2D eigenvalue weighted by atomic mass is 9.94. The van der Waals surface area contributed by atoms with Crippen LogP contribution in [0.25, 0.3) is 119 Å². The van der Waals surface area contributed by atoms with Crippen molar-refractivity contribution in [2.75, 3.05) is 4.90 Å². The standard InChI is InChI=1S/C64H39NOS/c1-4-16-49-40(12-1)15-11-22-50(49)42-24-31-46(32-25-42)65(47-33-26-43(27-34-47)56-39-58-54-20-9-10-23-59(54)66-63(58)55-21-8-7-19-53(55)56)48-35-28-44(29-36-48)57-38-45-14-3-6-18-52(45)62-61-51-17-5-2-13-41(51)30-37-60(61)67-64(57)62/h1-39H. The molecule has 67 heavy (non-hydrogen) atoms. The van der Waals surface area contributed by atoms with Crippen LogP contribution in [-0.4, -0.2) is 0 Å². The third kappa shape index (κ3) is 6.02. The average molecular weight is 870 g/mol. The summed E-state index contributed by atoms with van der Waals surface area (Å²) in [6, 6.07) is 86.4. The minimum Gasteiger partial charge on any atom is -0.455 e. The number of anilines is 3. The lowest BCUT2D eigenvalue weighted by molar-refractivity contribution is 0.672. The quantitative estimate of drug-likeness (QED) is 0.166. The zero-order chi connectivity index (χ0) is 44.0. The van der Waals surface area contributed by atoms with Crippen molar-refractivity contribution in [3.8, 4) is 33.4 Å². The molecule has 0 aliphatic heterocycles. The van der Waals surface area contributed by atoms with Gasteiger partial charge in [-0.25, -0.2) is 0 Å². The van der Waals surface area contributed by atoms with Crippen molar-refractivity contribution >= 4 is 114 Å². The van der Waals surface area contributed by atoms with Gasteiger partial charge in [-0.1, -0.05) is 176 Å². The number of para-hydroxylation sites is 1. The maximum atomic E-state index is 6.46. The van der Waals surface area contributed by atoms with Crippen molar-refractivity contribution in [2.24, 2.45) is 0 Å². The normalized spacial score (nSPS) is 11.9. The van der Waals surface area contributed by atoms with Gasteiger partial charge in [-0.2, -0.15) is 0 Å². The number of fused-ring (bicyclic) bond motifs is 13. The van der Waals surface area contributed by atoms with E-state index in [-0.39, 0.29) is 0 Å². The van der Waals surface area contributed by atoms with Gasteiger partial charge in [0.15, 0.2) is 0 Å². The Hall–Kier alpha value is -8.50. The van der Waals surface area contributed by atoms with Crippen LogP contribution in [0.15, 0.2) is 241 Å². The monoisotopic (exact) mass is 869 g/mol. The summed E-state index contributed by atoms with van der Waals surface area (Å²) in [5.74, 6) is 0. The highest BCUT2D eigenvalue weighted by molar-refractivity contribution is 7.26. The molecule has 0 saturated heterocycles. The van der Waals surface area contributed by atoms with Gasteiger partial charge in [-0.15, -0.1) is 11.3 Å². The minimum atomic E-state index is 0.908. The Bertz CT molecular complexity index is 4250. The molecular formula is C64H39NOS. The molecule has 0 spiro atoms. The molecule has 0 aliphatic carbocycles. The van der Waals surface area contributed by atoms with Crippen LogP contribution in [0, 0.1) is 0 Å². The molecule has 0 fully saturated rings. The summed E-state index contributed by atoms with van der Waals surface area (Å²) >= 11 is 1.90. The van der Waals surface area contributed by atoms with E-state index >= 15 is 0 Å². The number of nitrogens with zero attached hydrogens (tertiary/aromatic N) is 1. The highest BCUT2D eigenvalue weighted by Gasteiger charge is 2.20. The molecular weight excluding hydrogens is 831 g/mol. The molecule has 0 saturated carbocycles. The SMILES string of the molecule is c1ccc2c(-c3ccc(N(c4ccc(-c5cc6c7ccccc7oc6c6ccccc56)cc4)c4ccc(-c5cc6ccccc6c6c5sc5ccc7ccccc7c56)cc4)cc3)cccc2c1. The Labute approximate surface area is 390 Å². The summed E-state index contributed by atoms with van der Waals surface area (Å²) in [5, 5.41) is 14.9. The molecule has 14 aromatic rings. The molecule has 12 aromatic carbocycles. The molecule has 0 bridgehead atoms. The first-order valence-electron chi connectivity index (χ1n) is 22.9. The fraction of sp³-hybridized carbons (Fsp3) is 0. The van der Waals surface area contributed by atoms with Crippen LogP contribution < -0.4 is 4.90 Å². The first-order valence-corrected chi connectivity index (χ1v) is 23.7. The van der Waals surface area contributed by atoms with Crippen LogP contribution in [0.4, 0.5) is 17.1 Å². The van der Waals surface area contributed by atoms with E-state index in [0.717, 1.165) is 50.0 Å². The molecule has 14 rings (SSSR count). The highest BCUT2D eigenvalue weighted by Crippen LogP contribution is 2.48. The van der Waals surface area contributed by atoms with Crippen LogP contribution in [0.1, 0.15) is 0 Å². The van der Waals surface area contributed by atoms with E-state index < -0.39 is 0 Å². The molecule has 0 amide bonds. The van der Waals surface area contributed by atoms with Crippen molar-refractivity contribution in [2.45, 2.75) is 0 Å². The van der Waals surface area contributed by atoms with Gasteiger partial charge in [0.05, 0.1) is 0 Å². The van der Waals surface area contributed by atoms with Gasteiger partial charge in [0.2, 0.25) is 0 Å². The number of rotatable bonds is 6. The van der Waals surface area contributed by atoms with Gasteiger partial charge in [0, 0.05) is 59.0 Å². The molecule has 2 heterocycles. The Kier molecular flexibility index (Phi) is 8.49. The third-order valence-electron chi connectivity index (χ3n) is 13.8. The van der Waals surface area contributed by atoms with Crippen LogP contribution in [-0.2, 0) is 0 Å². The first-order chi connectivity index (χ1) is 33.2. The summed E-state index contributed by atoms with van der Waals surface area (Å²) in [7, 11) is 0. The zero-order valence-corrected chi connectivity index (χ0v) is 37.1. The molecule has 3 heteroatoms. The van der Waals surface area contributed by atoms with E-state index in [1.807, 2.05) is 17.4 Å². The van der Waals surface area contributed by atoms with Crippen molar-refractivity contribution in [3.63, 3.8) is 0 Å². The molecule has 0 atom stereocenters. The third-order valence-corrected chi connectivity index (χ3v) is 15.0. The van der Waals surface area contributed by atoms with Gasteiger partial charge in [0.25, 0.3) is 0 Å². The molecule has 0 N–H and O–H groups in total. The molecule has 2 nitrogen and oxygen atoms in total. The summed E-state index contributed by atoms with van der Waals surface area (Å²) in [4.78, 5) is 2.38. The number of furan rings is 1. The Morgan fingerprint density at radius 2 is 0.821 bits per heavy atom. The van der Waals surface area contributed by atoms with E-state index in [1.54, 1.807) is 0 Å². The Morgan fingerprint density at radius 3 is 1.51 bits per heavy atom. The molecule has 0 aliphatic rings. The second kappa shape index (κ2) is 15.0. The lowest BCUT2D eigenvalue weighted by Gasteiger charge is -2.26. The molecule has 2 aromatic heterocycles. The van der Waals surface area contributed by atoms with Gasteiger partial charge in [0.1, 0.15) is 11.2 Å². The average Bonchev–Trinajstić information content (AvgIpc) is 3.99. The van der Waals surface area contributed by atoms with E-state index in [2.05, 4.69) is 235 Å². The number of hydrogen-bond acceptors (Lipinski definition) is 3. The van der Waals surface area contributed by atoms with Gasteiger partial charge in [-0.05, 0) is 126 Å². The number of thiophene rings is 1. The van der Waals surface area contributed by atoms with Gasteiger partial charge >= 0.3 is 0 Å². The largest absolute Gasteiger partial charge is 0.455 e. The van der Waals surface area contributed by atoms with Crippen LogP contribution in [0.2, 0.25) is 0 Å². The van der Waals surface area contributed by atoms with E-state index in [0.29, 0.717) is 0 Å². The Morgan fingerprint density at radius 1 is 0.313 bits per heavy atom. The van der Waals surface area contributed by atoms with Crippen LogP contribution in [0.5, 0.6) is 0 Å². The van der Waals surface area contributed by atoms with Crippen molar-refractivity contribution in [3.05, 3.63) is 237 Å². The maximum Gasteiger partial charge on any atom is 0.143 e. The summed E-state index contributed by atoms with van der Waals surface area (Å²) in [5.41, 5.74) is 12.3. The summed E-state index contributed by atoms with van der Waals surface area (Å²) in [6.07, 6.45) is 0. The summed E-state index contributed by atoms with van der Waals surface area (Å²) < 4.78 is 9.10. The van der Waals surface area contributed by atoms with Crippen molar-refractivity contribution in [1.82, 2.24) is 0 Å². The predicted octanol–water partition coefficient (Wildman–Crippen LogP) is 19.0. The highest BCUT2D eigenvalue weighted by atomic mass is 32.1. The van der Waals surface area contributed by atoms with Crippen LogP contribution >= 0.6 is 11.3 Å². The van der Waals surface area contributed by atoms with Crippen LogP contribution in [0.3, 0.4) is 0 Å². The molecule has 0 radical (unpaired) electrons. The minimum absolute atomic E-state index is 0.908. The van der Waals surface area contributed by atoms with E-state index in [1.165, 1.54) is 85.7 Å². The zero-order valence-electron chi connectivity index (χ0n) is 36.3. The molecule has 312 valence electrons. The smallest absolute Gasteiger partial charge is 0.143 e. The van der Waals surface area contributed by atoms with E-state index in [9.17, 15) is 0 Å². The van der Waals surface area contributed by atoms with Gasteiger partial charge in [-0.3, -0.25) is 0 Å². The molecule has 0 unspecified atom stereocenters. The van der Waals surface area contributed by atoms with Crippen molar-refractivity contribution in [1.29, 1.82) is 0 Å². The maximum absolute atomic E-state index is 6.46. The van der Waals surface area contributed by atoms with E-state index in [4.69, 9.17) is 4.42 Å². The second-order valence-corrected chi connectivity index (χ2v) is 18.6. The van der Waals surface area contributed by atoms with Gasteiger partial charge < -0.3 is 9.32 Å². The Balaban J connectivity index is 0.911. The fourth-order valence-electron chi connectivity index (χ4n) is 10.7. The number of benzene rings is 12. The lowest BCUT2D eigenvalue weighted by Crippen LogP contribution is -2.09. The second-order valence-electron chi connectivity index (χ2n) is 17.6. The fourth-order valence-corrected chi connectivity index (χ4v) is 12.0. The summed E-state index contributed by atoms with van der Waals surface area (Å²) in [6.45, 7) is 0. The number of hydrogen-bond donors (Lipinski definition) is 0. The predicted molar refractivity (Wildman–Crippen MR) is 288 cm³/mol. The van der Waals surface area contributed by atoms with Crippen molar-refractivity contribution < 1.29 is 4.42 Å². The first kappa shape index (κ1) is 37.8. The topological polar surface area (TPSA) is 16.4 Å².